The second kappa shape index (κ2) is 6.87. The van der Waals surface area contributed by atoms with E-state index in [1.54, 1.807) is 12.1 Å². The van der Waals surface area contributed by atoms with Crippen LogP contribution < -0.4 is 10.6 Å². The topological polar surface area (TPSA) is 41.9 Å². The van der Waals surface area contributed by atoms with E-state index in [2.05, 4.69) is 15.7 Å². The molecule has 0 saturated carbocycles. The van der Waals surface area contributed by atoms with Gasteiger partial charge in [0.2, 0.25) is 0 Å². The number of hydrogen-bond acceptors (Lipinski definition) is 2. The van der Waals surface area contributed by atoms with Crippen LogP contribution in [-0.2, 0) is 6.54 Å². The van der Waals surface area contributed by atoms with Crippen LogP contribution in [0.4, 0.5) is 10.1 Å². The Balaban J connectivity index is 2.16. The smallest absolute Gasteiger partial charge is 0.171 e. The third-order valence-electron chi connectivity index (χ3n) is 3.29. The summed E-state index contributed by atoms with van der Waals surface area (Å²) in [6, 6.07) is 6.73. The van der Waals surface area contributed by atoms with E-state index in [1.165, 1.54) is 12.1 Å². The highest BCUT2D eigenvalue weighted by molar-refractivity contribution is 7.80. The van der Waals surface area contributed by atoms with E-state index in [9.17, 15) is 4.39 Å². The monoisotopic (exact) mass is 320 g/mol. The van der Waals surface area contributed by atoms with Gasteiger partial charge in [0.05, 0.1) is 23.6 Å². The number of rotatable bonds is 4. The summed E-state index contributed by atoms with van der Waals surface area (Å²) in [5.74, 6) is -0.232. The van der Waals surface area contributed by atoms with E-state index in [0.717, 1.165) is 22.6 Å². The molecule has 1 aromatic carbocycles. The van der Waals surface area contributed by atoms with Crippen LogP contribution in [0.3, 0.4) is 0 Å². The highest BCUT2D eigenvalue weighted by atomic mass is 32.1. The first kappa shape index (κ1) is 16.4. The number of aryl methyl sites for hydroxylation is 1. The lowest BCUT2D eigenvalue weighted by molar-refractivity contribution is 0.622. The van der Waals surface area contributed by atoms with Crippen LogP contribution in [0.2, 0.25) is 0 Å². The van der Waals surface area contributed by atoms with E-state index in [-0.39, 0.29) is 11.9 Å². The van der Waals surface area contributed by atoms with Gasteiger partial charge in [0.15, 0.2) is 5.11 Å². The van der Waals surface area contributed by atoms with Crippen molar-refractivity contribution in [1.29, 1.82) is 0 Å². The average Bonchev–Trinajstić information content (AvgIpc) is 2.68. The highest BCUT2D eigenvalue weighted by Gasteiger charge is 2.13. The van der Waals surface area contributed by atoms with E-state index >= 15 is 0 Å². The summed E-state index contributed by atoms with van der Waals surface area (Å²) in [4.78, 5) is 0. The molecular weight excluding hydrogens is 299 g/mol. The fourth-order valence-corrected chi connectivity index (χ4v) is 2.54. The summed E-state index contributed by atoms with van der Waals surface area (Å²) in [5.41, 5.74) is 3.80. The molecule has 0 aliphatic rings. The molecule has 0 saturated heterocycles. The number of aromatic nitrogens is 2. The van der Waals surface area contributed by atoms with Crippen LogP contribution in [0.1, 0.15) is 30.8 Å². The molecule has 0 radical (unpaired) electrons. The summed E-state index contributed by atoms with van der Waals surface area (Å²) in [6.07, 6.45) is 0. The van der Waals surface area contributed by atoms with E-state index in [0.29, 0.717) is 11.7 Å². The molecule has 2 rings (SSSR count). The fraction of sp³-hybridized carbons (Fsp3) is 0.375. The predicted molar refractivity (Wildman–Crippen MR) is 91.7 cm³/mol. The van der Waals surface area contributed by atoms with Crippen LogP contribution in [0.25, 0.3) is 0 Å². The zero-order valence-corrected chi connectivity index (χ0v) is 14.1. The van der Waals surface area contributed by atoms with Crippen LogP contribution in [0, 0.1) is 19.7 Å². The van der Waals surface area contributed by atoms with Crippen molar-refractivity contribution in [3.05, 3.63) is 47.0 Å². The lowest BCUT2D eigenvalue weighted by atomic mass is 10.2. The Morgan fingerprint density at radius 1 is 1.27 bits per heavy atom. The van der Waals surface area contributed by atoms with Crippen LogP contribution in [0.5, 0.6) is 0 Å². The van der Waals surface area contributed by atoms with E-state index < -0.39 is 0 Å². The summed E-state index contributed by atoms with van der Waals surface area (Å²) >= 11 is 5.28. The number of nitrogens with zero attached hydrogens (tertiary/aromatic N) is 2. The van der Waals surface area contributed by atoms with E-state index in [1.807, 2.05) is 32.4 Å². The number of hydrogen-bond donors (Lipinski definition) is 2. The van der Waals surface area contributed by atoms with Gasteiger partial charge in [-0.2, -0.15) is 5.10 Å². The first-order valence-electron chi connectivity index (χ1n) is 7.22. The zero-order chi connectivity index (χ0) is 16.3. The van der Waals surface area contributed by atoms with Crippen molar-refractivity contribution in [3.8, 4) is 0 Å². The molecule has 2 N–H and O–H groups in total. The minimum atomic E-state index is -0.232. The molecule has 0 bridgehead atoms. The SMILES string of the molecule is Cc1nn(Cc2ccc(F)cc2)c(C)c1NC(=S)NC(C)C. The third kappa shape index (κ3) is 4.04. The Morgan fingerprint density at radius 3 is 2.50 bits per heavy atom. The van der Waals surface area contributed by atoms with Crippen molar-refractivity contribution >= 4 is 23.0 Å². The van der Waals surface area contributed by atoms with Crippen molar-refractivity contribution in [1.82, 2.24) is 15.1 Å². The number of nitrogens with one attached hydrogen (secondary N) is 2. The predicted octanol–water partition coefficient (Wildman–Crippen LogP) is 3.38. The van der Waals surface area contributed by atoms with Gasteiger partial charge >= 0.3 is 0 Å². The fourth-order valence-electron chi connectivity index (χ4n) is 2.21. The van der Waals surface area contributed by atoms with Gasteiger partial charge in [-0.25, -0.2) is 4.39 Å². The number of halogens is 1. The lowest BCUT2D eigenvalue weighted by Gasteiger charge is -2.13. The second-order valence-electron chi connectivity index (χ2n) is 5.58. The Morgan fingerprint density at radius 2 is 1.91 bits per heavy atom. The minimum Gasteiger partial charge on any atom is -0.360 e. The zero-order valence-electron chi connectivity index (χ0n) is 13.3. The van der Waals surface area contributed by atoms with Crippen molar-refractivity contribution in [2.75, 3.05) is 5.32 Å². The number of benzene rings is 1. The maximum absolute atomic E-state index is 13.0. The van der Waals surface area contributed by atoms with Crippen molar-refractivity contribution in [3.63, 3.8) is 0 Å². The van der Waals surface area contributed by atoms with Gasteiger partial charge in [0.25, 0.3) is 0 Å². The largest absolute Gasteiger partial charge is 0.360 e. The summed E-state index contributed by atoms with van der Waals surface area (Å²) in [5, 5.41) is 11.5. The second-order valence-corrected chi connectivity index (χ2v) is 5.99. The minimum absolute atomic E-state index is 0.232. The van der Waals surface area contributed by atoms with Gasteiger partial charge in [-0.3, -0.25) is 4.68 Å². The van der Waals surface area contributed by atoms with Gasteiger partial charge in [-0.05, 0) is 57.6 Å². The Kier molecular flexibility index (Phi) is 5.13. The molecular formula is C16H21FN4S. The first-order chi connectivity index (χ1) is 10.4. The molecule has 0 amide bonds. The molecule has 1 aromatic heterocycles. The molecule has 0 spiro atoms. The molecule has 118 valence electrons. The van der Waals surface area contributed by atoms with Gasteiger partial charge in [0.1, 0.15) is 5.82 Å². The normalized spacial score (nSPS) is 10.8. The van der Waals surface area contributed by atoms with Crippen molar-refractivity contribution < 1.29 is 4.39 Å². The van der Waals surface area contributed by atoms with Gasteiger partial charge in [-0.1, -0.05) is 12.1 Å². The summed E-state index contributed by atoms with van der Waals surface area (Å²) in [7, 11) is 0. The lowest BCUT2D eigenvalue weighted by Crippen LogP contribution is -2.34. The standard InChI is InChI=1S/C16H21FN4S/c1-10(2)18-16(22)19-15-11(3)20-21(12(15)4)9-13-5-7-14(17)8-6-13/h5-8,10H,9H2,1-4H3,(H2,18,19,22). The number of anilines is 1. The summed E-state index contributed by atoms with van der Waals surface area (Å²) < 4.78 is 14.9. The quantitative estimate of drug-likeness (QED) is 0.848. The first-order valence-corrected chi connectivity index (χ1v) is 7.63. The number of thiocarbonyl (C=S) groups is 1. The average molecular weight is 320 g/mol. The van der Waals surface area contributed by atoms with Crippen LogP contribution >= 0.6 is 12.2 Å². The maximum Gasteiger partial charge on any atom is 0.171 e. The van der Waals surface area contributed by atoms with Crippen molar-refractivity contribution in [2.24, 2.45) is 0 Å². The molecule has 0 fully saturated rings. The molecule has 0 aliphatic carbocycles. The van der Waals surface area contributed by atoms with Gasteiger partial charge < -0.3 is 10.6 Å². The van der Waals surface area contributed by atoms with Gasteiger partial charge in [0, 0.05) is 6.04 Å². The molecule has 2 aromatic rings. The van der Waals surface area contributed by atoms with Crippen LogP contribution in [-0.4, -0.2) is 20.9 Å². The Labute approximate surface area is 135 Å². The van der Waals surface area contributed by atoms with Crippen molar-refractivity contribution in [2.45, 2.75) is 40.3 Å². The molecule has 0 aliphatic heterocycles. The molecule has 22 heavy (non-hydrogen) atoms. The van der Waals surface area contributed by atoms with Gasteiger partial charge in [-0.15, -0.1) is 0 Å². The molecule has 0 atom stereocenters. The molecule has 0 unspecified atom stereocenters. The maximum atomic E-state index is 13.0. The molecule has 4 nitrogen and oxygen atoms in total. The molecule has 6 heteroatoms. The van der Waals surface area contributed by atoms with Crippen LogP contribution in [0.15, 0.2) is 24.3 Å². The highest BCUT2D eigenvalue weighted by Crippen LogP contribution is 2.20. The van der Waals surface area contributed by atoms with E-state index in [4.69, 9.17) is 12.2 Å². The Bertz CT molecular complexity index is 662. The molecule has 1 heterocycles. The Hall–Kier alpha value is -1.95. The summed E-state index contributed by atoms with van der Waals surface area (Å²) in [6.45, 7) is 8.59. The third-order valence-corrected chi connectivity index (χ3v) is 3.51.